The minimum atomic E-state index is 0.615. The second-order valence-corrected chi connectivity index (χ2v) is 4.58. The molecule has 0 amide bonds. The lowest BCUT2D eigenvalue weighted by Gasteiger charge is -2.18. The summed E-state index contributed by atoms with van der Waals surface area (Å²) >= 11 is 3.40. The van der Waals surface area contributed by atoms with Gasteiger partial charge in [-0.2, -0.15) is 0 Å². The van der Waals surface area contributed by atoms with Gasteiger partial charge in [-0.25, -0.2) is 4.98 Å². The van der Waals surface area contributed by atoms with E-state index in [0.29, 0.717) is 13.2 Å². The minimum Gasteiger partial charge on any atom is -0.486 e. The second kappa shape index (κ2) is 4.41. The first-order valence-electron chi connectivity index (χ1n) is 5.39. The first-order chi connectivity index (χ1) is 8.33. The molecule has 2 heterocycles. The van der Waals surface area contributed by atoms with Crippen LogP contribution in [0.4, 0.5) is 0 Å². The molecule has 1 aromatic carbocycles. The molecule has 3 rings (SSSR count). The zero-order valence-electron chi connectivity index (χ0n) is 9.07. The molecule has 0 unspecified atom stereocenters. The molecule has 0 aliphatic carbocycles. The zero-order valence-corrected chi connectivity index (χ0v) is 10.7. The highest BCUT2D eigenvalue weighted by Gasteiger charge is 2.12. The summed E-state index contributed by atoms with van der Waals surface area (Å²) in [6.07, 6.45) is 2.47. The van der Waals surface area contributed by atoms with Crippen molar-refractivity contribution in [2.75, 3.05) is 13.2 Å². The lowest BCUT2D eigenvalue weighted by atomic mass is 10.1. The molecule has 0 radical (unpaired) electrons. The Hall–Kier alpha value is -1.49. The number of aromatic nitrogens is 2. The first kappa shape index (κ1) is 10.7. The molecule has 2 aromatic rings. The topological polar surface area (TPSA) is 47.1 Å². The van der Waals surface area contributed by atoms with Gasteiger partial charge in [-0.05, 0) is 33.6 Å². The molecule has 17 heavy (non-hydrogen) atoms. The van der Waals surface area contributed by atoms with Gasteiger partial charge in [0.1, 0.15) is 17.8 Å². The molecule has 4 nitrogen and oxygen atoms in total. The standard InChI is InChI=1S/C12H11BrN2O2/c13-12-9(14-7-15-12)5-8-1-2-10-11(6-8)17-4-3-16-10/h1-2,6-7H,3-5H2,(H,14,15). The molecule has 1 aromatic heterocycles. The van der Waals surface area contributed by atoms with Gasteiger partial charge in [-0.1, -0.05) is 6.07 Å². The number of nitrogens with one attached hydrogen (secondary N) is 1. The Kier molecular flexibility index (Phi) is 2.76. The number of fused-ring (bicyclic) bond motifs is 1. The maximum absolute atomic E-state index is 5.55. The van der Waals surface area contributed by atoms with Crippen LogP contribution in [-0.2, 0) is 6.42 Å². The summed E-state index contributed by atoms with van der Waals surface area (Å²) in [5, 5.41) is 0. The molecule has 1 aliphatic heterocycles. The van der Waals surface area contributed by atoms with Crippen LogP contribution in [0.3, 0.4) is 0 Å². The van der Waals surface area contributed by atoms with Gasteiger partial charge in [0.25, 0.3) is 0 Å². The van der Waals surface area contributed by atoms with Gasteiger partial charge in [-0.3, -0.25) is 0 Å². The van der Waals surface area contributed by atoms with Crippen molar-refractivity contribution in [1.29, 1.82) is 0 Å². The van der Waals surface area contributed by atoms with Crippen LogP contribution in [0.2, 0.25) is 0 Å². The average molecular weight is 295 g/mol. The summed E-state index contributed by atoms with van der Waals surface area (Å²) in [5.41, 5.74) is 2.22. The third-order valence-corrected chi connectivity index (χ3v) is 3.34. The lowest BCUT2D eigenvalue weighted by molar-refractivity contribution is 0.171. The normalized spacial score (nSPS) is 13.7. The largest absolute Gasteiger partial charge is 0.486 e. The van der Waals surface area contributed by atoms with E-state index in [1.165, 1.54) is 5.56 Å². The highest BCUT2D eigenvalue weighted by atomic mass is 79.9. The highest BCUT2D eigenvalue weighted by Crippen LogP contribution is 2.31. The van der Waals surface area contributed by atoms with Gasteiger partial charge < -0.3 is 14.5 Å². The maximum Gasteiger partial charge on any atom is 0.161 e. The Labute approximate surface area is 107 Å². The number of halogens is 1. The first-order valence-corrected chi connectivity index (χ1v) is 6.18. The number of ether oxygens (including phenoxy) is 2. The fraction of sp³-hybridized carbons (Fsp3) is 0.250. The molecule has 1 aliphatic rings. The lowest BCUT2D eigenvalue weighted by Crippen LogP contribution is -2.15. The number of imidazole rings is 1. The summed E-state index contributed by atoms with van der Waals surface area (Å²) in [6, 6.07) is 6.01. The molecule has 0 spiro atoms. The van der Waals surface area contributed by atoms with E-state index in [1.807, 2.05) is 18.2 Å². The van der Waals surface area contributed by atoms with E-state index in [0.717, 1.165) is 28.2 Å². The Morgan fingerprint density at radius 3 is 2.82 bits per heavy atom. The molecular formula is C12H11BrN2O2. The number of hydrogen-bond donors (Lipinski definition) is 1. The van der Waals surface area contributed by atoms with Crippen LogP contribution >= 0.6 is 15.9 Å². The van der Waals surface area contributed by atoms with Crippen LogP contribution in [0.25, 0.3) is 0 Å². The van der Waals surface area contributed by atoms with E-state index in [2.05, 4.69) is 25.9 Å². The average Bonchev–Trinajstić information content (AvgIpc) is 2.75. The van der Waals surface area contributed by atoms with Gasteiger partial charge in [0.05, 0.1) is 12.0 Å². The molecule has 88 valence electrons. The monoisotopic (exact) mass is 294 g/mol. The fourth-order valence-corrected chi connectivity index (χ4v) is 2.19. The van der Waals surface area contributed by atoms with Gasteiger partial charge in [0, 0.05) is 6.42 Å². The van der Waals surface area contributed by atoms with Crippen molar-refractivity contribution in [2.45, 2.75) is 6.42 Å². The molecule has 0 bridgehead atoms. The third kappa shape index (κ3) is 2.15. The van der Waals surface area contributed by atoms with E-state index in [-0.39, 0.29) is 0 Å². The SMILES string of the molecule is Brc1nc[nH]c1Cc1ccc2c(c1)OCCO2. The molecule has 0 saturated carbocycles. The molecule has 0 saturated heterocycles. The van der Waals surface area contributed by atoms with E-state index >= 15 is 0 Å². The second-order valence-electron chi connectivity index (χ2n) is 3.83. The van der Waals surface area contributed by atoms with Crippen molar-refractivity contribution in [3.8, 4) is 11.5 Å². The van der Waals surface area contributed by atoms with Crippen LogP contribution in [0.1, 0.15) is 11.3 Å². The molecule has 0 atom stereocenters. The Morgan fingerprint density at radius 2 is 2.06 bits per heavy atom. The van der Waals surface area contributed by atoms with E-state index in [1.54, 1.807) is 6.33 Å². The molecule has 1 N–H and O–H groups in total. The summed E-state index contributed by atoms with van der Waals surface area (Å²) < 4.78 is 11.9. The van der Waals surface area contributed by atoms with Crippen molar-refractivity contribution in [3.05, 3.63) is 40.4 Å². The summed E-state index contributed by atoms with van der Waals surface area (Å²) in [7, 11) is 0. The van der Waals surface area contributed by atoms with Crippen molar-refractivity contribution in [1.82, 2.24) is 9.97 Å². The van der Waals surface area contributed by atoms with Crippen LogP contribution in [0.5, 0.6) is 11.5 Å². The predicted molar refractivity (Wildman–Crippen MR) is 66.5 cm³/mol. The van der Waals surface area contributed by atoms with Crippen molar-refractivity contribution < 1.29 is 9.47 Å². The third-order valence-electron chi connectivity index (χ3n) is 2.65. The smallest absolute Gasteiger partial charge is 0.161 e. The Bertz CT molecular complexity index is 539. The van der Waals surface area contributed by atoms with Crippen molar-refractivity contribution in [3.63, 3.8) is 0 Å². The maximum atomic E-state index is 5.55. The van der Waals surface area contributed by atoms with Crippen LogP contribution in [-0.4, -0.2) is 23.2 Å². The number of hydrogen-bond acceptors (Lipinski definition) is 3. The number of nitrogens with zero attached hydrogens (tertiary/aromatic N) is 1. The highest BCUT2D eigenvalue weighted by molar-refractivity contribution is 9.10. The molecule has 0 fully saturated rings. The van der Waals surface area contributed by atoms with E-state index < -0.39 is 0 Å². The summed E-state index contributed by atoms with van der Waals surface area (Å²) in [4.78, 5) is 7.21. The number of rotatable bonds is 2. The van der Waals surface area contributed by atoms with Crippen molar-refractivity contribution >= 4 is 15.9 Å². The van der Waals surface area contributed by atoms with Crippen LogP contribution in [0.15, 0.2) is 29.1 Å². The van der Waals surface area contributed by atoms with Gasteiger partial charge in [-0.15, -0.1) is 0 Å². The molecular weight excluding hydrogens is 284 g/mol. The number of H-pyrrole nitrogens is 1. The Morgan fingerprint density at radius 1 is 1.24 bits per heavy atom. The quantitative estimate of drug-likeness (QED) is 0.926. The summed E-state index contributed by atoms with van der Waals surface area (Å²) in [5.74, 6) is 1.65. The van der Waals surface area contributed by atoms with E-state index in [4.69, 9.17) is 9.47 Å². The number of aromatic amines is 1. The summed E-state index contributed by atoms with van der Waals surface area (Å²) in [6.45, 7) is 1.24. The Balaban J connectivity index is 1.87. The fourth-order valence-electron chi connectivity index (χ4n) is 1.83. The minimum absolute atomic E-state index is 0.615. The predicted octanol–water partition coefficient (Wildman–Crippen LogP) is 2.53. The van der Waals surface area contributed by atoms with Crippen LogP contribution < -0.4 is 9.47 Å². The zero-order chi connectivity index (χ0) is 11.7. The van der Waals surface area contributed by atoms with Gasteiger partial charge in [0.2, 0.25) is 0 Å². The van der Waals surface area contributed by atoms with Gasteiger partial charge >= 0.3 is 0 Å². The number of benzene rings is 1. The van der Waals surface area contributed by atoms with E-state index in [9.17, 15) is 0 Å². The van der Waals surface area contributed by atoms with Crippen molar-refractivity contribution in [2.24, 2.45) is 0 Å². The van der Waals surface area contributed by atoms with Gasteiger partial charge in [0.15, 0.2) is 11.5 Å². The van der Waals surface area contributed by atoms with Crippen LogP contribution in [0, 0.1) is 0 Å². The molecule has 5 heteroatoms.